The van der Waals surface area contributed by atoms with Crippen molar-refractivity contribution in [1.82, 2.24) is 4.90 Å². The van der Waals surface area contributed by atoms with E-state index in [1.807, 2.05) is 0 Å². The fourth-order valence-electron chi connectivity index (χ4n) is 5.32. The summed E-state index contributed by atoms with van der Waals surface area (Å²) in [6.45, 7) is 5.06. The van der Waals surface area contributed by atoms with Gasteiger partial charge in [-0.3, -0.25) is 0 Å². The SMILES string of the molecule is c1ccc(CCCCN2CC[C@@H]3[C@H](C2)c2cccc4c2N3CCCS4)cc1. The number of piperidine rings is 1. The Kier molecular flexibility index (Phi) is 5.15. The predicted octanol–water partition coefficient (Wildman–Crippen LogP) is 5.18. The number of unbranched alkanes of at least 4 members (excludes halogenated alkanes) is 1. The minimum Gasteiger partial charge on any atom is -0.367 e. The van der Waals surface area contributed by atoms with Crippen LogP contribution in [0.1, 0.15) is 42.7 Å². The summed E-state index contributed by atoms with van der Waals surface area (Å²) in [6.07, 6.45) is 6.50. The minimum absolute atomic E-state index is 0.724. The number of hydrogen-bond acceptors (Lipinski definition) is 3. The van der Waals surface area contributed by atoms with Crippen molar-refractivity contribution in [2.24, 2.45) is 0 Å². The van der Waals surface area contributed by atoms with Gasteiger partial charge in [0.05, 0.1) is 5.69 Å². The largest absolute Gasteiger partial charge is 0.367 e. The Morgan fingerprint density at radius 3 is 2.81 bits per heavy atom. The summed E-state index contributed by atoms with van der Waals surface area (Å²) in [5.41, 5.74) is 4.72. The van der Waals surface area contributed by atoms with Crippen molar-refractivity contribution in [3.8, 4) is 0 Å². The van der Waals surface area contributed by atoms with Crippen LogP contribution in [0.4, 0.5) is 5.69 Å². The summed E-state index contributed by atoms with van der Waals surface area (Å²) in [6, 6.07) is 18.8. The standard InChI is InChI=1S/C24H30N2S/c1-2-8-19(9-3-1)10-4-5-14-25-16-13-22-21(18-25)20-11-6-12-23-24(20)26(22)15-7-17-27-23/h1-3,6,8-9,11-12,21-22H,4-5,7,10,13-18H2/t21-,22-/m1/s1. The zero-order valence-corrected chi connectivity index (χ0v) is 17.0. The van der Waals surface area contributed by atoms with Crippen LogP contribution in [0, 0.1) is 0 Å². The molecule has 2 nitrogen and oxygen atoms in total. The number of benzene rings is 2. The first-order valence-corrected chi connectivity index (χ1v) is 11.7. The Hall–Kier alpha value is -1.45. The maximum absolute atomic E-state index is 2.78. The van der Waals surface area contributed by atoms with Gasteiger partial charge in [-0.2, -0.15) is 0 Å². The second kappa shape index (κ2) is 7.89. The lowest BCUT2D eigenvalue weighted by molar-refractivity contribution is 0.190. The van der Waals surface area contributed by atoms with Crippen molar-refractivity contribution >= 4 is 17.4 Å². The van der Waals surface area contributed by atoms with Crippen LogP contribution in [0.2, 0.25) is 0 Å². The summed E-state index contributed by atoms with van der Waals surface area (Å²) in [4.78, 5) is 7.06. The van der Waals surface area contributed by atoms with Gasteiger partial charge in [0.25, 0.3) is 0 Å². The molecule has 0 amide bonds. The van der Waals surface area contributed by atoms with Gasteiger partial charge in [-0.15, -0.1) is 11.8 Å². The lowest BCUT2D eigenvalue weighted by Crippen LogP contribution is -2.46. The molecule has 0 aliphatic carbocycles. The molecule has 0 spiro atoms. The highest BCUT2D eigenvalue weighted by molar-refractivity contribution is 7.99. The van der Waals surface area contributed by atoms with Gasteiger partial charge < -0.3 is 9.80 Å². The molecular formula is C24H30N2S. The fraction of sp³-hybridized carbons (Fsp3) is 0.500. The van der Waals surface area contributed by atoms with Gasteiger partial charge in [-0.25, -0.2) is 0 Å². The van der Waals surface area contributed by atoms with E-state index in [1.165, 1.54) is 74.5 Å². The smallest absolute Gasteiger partial charge is 0.0543 e. The van der Waals surface area contributed by atoms with Crippen LogP contribution in [0.5, 0.6) is 0 Å². The molecule has 3 heteroatoms. The van der Waals surface area contributed by atoms with Crippen molar-refractivity contribution in [3.63, 3.8) is 0 Å². The van der Waals surface area contributed by atoms with Crippen LogP contribution in [0.25, 0.3) is 0 Å². The molecule has 3 aliphatic rings. The van der Waals surface area contributed by atoms with E-state index >= 15 is 0 Å². The summed E-state index contributed by atoms with van der Waals surface area (Å²) >= 11 is 2.07. The molecule has 0 saturated carbocycles. The van der Waals surface area contributed by atoms with E-state index in [0.29, 0.717) is 0 Å². The van der Waals surface area contributed by atoms with E-state index in [9.17, 15) is 0 Å². The van der Waals surface area contributed by atoms with Crippen LogP contribution >= 0.6 is 11.8 Å². The molecular weight excluding hydrogens is 348 g/mol. The lowest BCUT2D eigenvalue weighted by atomic mass is 9.89. The quantitative estimate of drug-likeness (QED) is 0.662. The van der Waals surface area contributed by atoms with Crippen molar-refractivity contribution in [2.45, 2.75) is 49.0 Å². The van der Waals surface area contributed by atoms with Gasteiger partial charge in [-0.1, -0.05) is 42.5 Å². The molecule has 3 heterocycles. The molecule has 0 bridgehead atoms. The van der Waals surface area contributed by atoms with Gasteiger partial charge in [0.1, 0.15) is 0 Å². The van der Waals surface area contributed by atoms with Crippen molar-refractivity contribution < 1.29 is 0 Å². The van der Waals surface area contributed by atoms with Crippen LogP contribution in [0.3, 0.4) is 0 Å². The number of nitrogens with zero attached hydrogens (tertiary/aromatic N) is 2. The number of thioether (sulfide) groups is 1. The molecule has 0 unspecified atom stereocenters. The van der Waals surface area contributed by atoms with E-state index < -0.39 is 0 Å². The number of para-hydroxylation sites is 1. The molecule has 2 aromatic rings. The van der Waals surface area contributed by atoms with E-state index in [4.69, 9.17) is 0 Å². The van der Waals surface area contributed by atoms with Crippen LogP contribution in [0.15, 0.2) is 53.4 Å². The molecule has 1 fully saturated rings. The van der Waals surface area contributed by atoms with Crippen LogP contribution in [-0.2, 0) is 6.42 Å². The maximum Gasteiger partial charge on any atom is 0.0543 e. The number of fused-ring (bicyclic) bond motifs is 3. The second-order valence-electron chi connectivity index (χ2n) is 8.30. The fourth-order valence-corrected chi connectivity index (χ4v) is 6.36. The van der Waals surface area contributed by atoms with Crippen molar-refractivity contribution in [2.75, 3.05) is 36.8 Å². The minimum atomic E-state index is 0.724. The summed E-state index contributed by atoms with van der Waals surface area (Å²) in [5.74, 6) is 2.00. The third-order valence-corrected chi connectivity index (χ3v) is 7.74. The zero-order chi connectivity index (χ0) is 18.1. The maximum atomic E-state index is 2.78. The highest BCUT2D eigenvalue weighted by atomic mass is 32.2. The highest BCUT2D eigenvalue weighted by Crippen LogP contribution is 2.50. The average molecular weight is 379 g/mol. The normalized spacial score (nSPS) is 24.4. The van der Waals surface area contributed by atoms with Gasteiger partial charge in [0, 0.05) is 36.5 Å². The van der Waals surface area contributed by atoms with E-state index in [0.717, 1.165) is 12.0 Å². The third kappa shape index (κ3) is 3.52. The number of hydrogen-bond donors (Lipinski definition) is 0. The molecule has 5 rings (SSSR count). The average Bonchev–Trinajstić information content (AvgIpc) is 2.87. The number of likely N-dealkylation sites (tertiary alicyclic amines) is 1. The Labute approximate surface area is 167 Å². The second-order valence-corrected chi connectivity index (χ2v) is 9.43. The molecule has 0 N–H and O–H groups in total. The molecule has 142 valence electrons. The first-order valence-electron chi connectivity index (χ1n) is 10.7. The first kappa shape index (κ1) is 17.6. The molecule has 0 radical (unpaired) electrons. The zero-order valence-electron chi connectivity index (χ0n) is 16.1. The Morgan fingerprint density at radius 1 is 0.963 bits per heavy atom. The van der Waals surface area contributed by atoms with E-state index in [2.05, 4.69) is 70.1 Å². The first-order chi connectivity index (χ1) is 13.4. The van der Waals surface area contributed by atoms with E-state index in [1.54, 1.807) is 11.3 Å². The molecule has 1 saturated heterocycles. The van der Waals surface area contributed by atoms with Crippen LogP contribution < -0.4 is 4.90 Å². The number of aryl methyl sites for hydroxylation is 1. The molecule has 0 aromatic heterocycles. The van der Waals surface area contributed by atoms with Crippen LogP contribution in [-0.4, -0.2) is 42.9 Å². The van der Waals surface area contributed by atoms with Gasteiger partial charge in [0.2, 0.25) is 0 Å². The summed E-state index contributed by atoms with van der Waals surface area (Å²) < 4.78 is 0. The monoisotopic (exact) mass is 378 g/mol. The number of anilines is 1. The molecule has 3 aliphatic heterocycles. The highest BCUT2D eigenvalue weighted by Gasteiger charge is 2.43. The molecule has 2 atom stereocenters. The lowest BCUT2D eigenvalue weighted by Gasteiger charge is -2.39. The van der Waals surface area contributed by atoms with Gasteiger partial charge >= 0.3 is 0 Å². The predicted molar refractivity (Wildman–Crippen MR) is 116 cm³/mol. The Morgan fingerprint density at radius 2 is 1.89 bits per heavy atom. The van der Waals surface area contributed by atoms with E-state index in [-0.39, 0.29) is 0 Å². The summed E-state index contributed by atoms with van der Waals surface area (Å²) in [7, 11) is 0. The molecule has 2 aromatic carbocycles. The Balaban J connectivity index is 1.22. The van der Waals surface area contributed by atoms with Crippen molar-refractivity contribution in [1.29, 1.82) is 0 Å². The molecule has 27 heavy (non-hydrogen) atoms. The topological polar surface area (TPSA) is 6.48 Å². The van der Waals surface area contributed by atoms with Gasteiger partial charge in [-0.05, 0) is 61.6 Å². The number of rotatable bonds is 5. The van der Waals surface area contributed by atoms with Gasteiger partial charge in [0.15, 0.2) is 0 Å². The summed E-state index contributed by atoms with van der Waals surface area (Å²) in [5, 5.41) is 0. The van der Waals surface area contributed by atoms with Crippen molar-refractivity contribution in [3.05, 3.63) is 59.7 Å². The Bertz CT molecular complexity index is 775. The third-order valence-electron chi connectivity index (χ3n) is 6.61.